The van der Waals surface area contributed by atoms with Crippen LogP contribution in [-0.4, -0.2) is 49.1 Å². The van der Waals surface area contributed by atoms with Gasteiger partial charge in [0.25, 0.3) is 0 Å². The van der Waals surface area contributed by atoms with Crippen LogP contribution in [0.3, 0.4) is 0 Å². The van der Waals surface area contributed by atoms with Crippen LogP contribution in [0.2, 0.25) is 0 Å². The first-order valence-corrected chi connectivity index (χ1v) is 9.32. The molecule has 1 amide bonds. The van der Waals surface area contributed by atoms with Gasteiger partial charge in [-0.1, -0.05) is 32.1 Å². The minimum Gasteiger partial charge on any atom is -0.353 e. The van der Waals surface area contributed by atoms with Crippen molar-refractivity contribution in [1.29, 1.82) is 0 Å². The van der Waals surface area contributed by atoms with E-state index < -0.39 is 0 Å². The monoisotopic (exact) mass is 343 g/mol. The van der Waals surface area contributed by atoms with Gasteiger partial charge in [0.15, 0.2) is 0 Å². The maximum Gasteiger partial charge on any atom is 0.237 e. The molecule has 0 bridgehead atoms. The molecule has 3 atom stereocenters. The van der Waals surface area contributed by atoms with Crippen LogP contribution in [-0.2, 0) is 4.79 Å². The number of nitrogens with zero attached hydrogens (tertiary/aromatic N) is 1. The number of nitrogens with one attached hydrogen (secondary N) is 2. The van der Waals surface area contributed by atoms with E-state index in [4.69, 9.17) is 0 Å². The average Bonchev–Trinajstić information content (AvgIpc) is 2.97. The molecule has 3 fully saturated rings. The molecule has 1 aliphatic heterocycles. The lowest BCUT2D eigenvalue weighted by molar-refractivity contribution is -0.123. The van der Waals surface area contributed by atoms with E-state index in [9.17, 15) is 4.79 Å². The molecule has 0 aromatic carbocycles. The molecule has 0 spiro atoms. The van der Waals surface area contributed by atoms with Crippen molar-refractivity contribution in [2.75, 3.05) is 20.6 Å². The Hall–Kier alpha value is -0.320. The SMILES string of the molecule is CN(C)C1(CNC(=O)C2CC3CCCCC3N2)CCCCC1.Cl. The number of carbonyl (C=O) groups is 1. The summed E-state index contributed by atoms with van der Waals surface area (Å²) in [5.41, 5.74) is 0.180. The van der Waals surface area contributed by atoms with E-state index >= 15 is 0 Å². The van der Waals surface area contributed by atoms with Gasteiger partial charge in [-0.3, -0.25) is 4.79 Å². The van der Waals surface area contributed by atoms with Gasteiger partial charge < -0.3 is 15.5 Å². The molecular formula is C18H34ClN3O. The Morgan fingerprint density at radius 3 is 2.48 bits per heavy atom. The van der Waals surface area contributed by atoms with Crippen LogP contribution in [0.1, 0.15) is 64.2 Å². The molecule has 3 unspecified atom stereocenters. The highest BCUT2D eigenvalue weighted by Gasteiger charge is 2.39. The predicted molar refractivity (Wildman–Crippen MR) is 97.0 cm³/mol. The molecule has 2 N–H and O–H groups in total. The molecule has 23 heavy (non-hydrogen) atoms. The lowest BCUT2D eigenvalue weighted by Gasteiger charge is -2.43. The zero-order valence-corrected chi connectivity index (χ0v) is 15.6. The third kappa shape index (κ3) is 4.21. The van der Waals surface area contributed by atoms with Crippen LogP contribution in [0.25, 0.3) is 0 Å². The Morgan fingerprint density at radius 2 is 1.83 bits per heavy atom. The fraction of sp³-hybridized carbons (Fsp3) is 0.944. The first-order chi connectivity index (χ1) is 10.6. The van der Waals surface area contributed by atoms with Gasteiger partial charge in [0.1, 0.15) is 0 Å². The minimum absolute atomic E-state index is 0. The van der Waals surface area contributed by atoms with Gasteiger partial charge in [-0.15, -0.1) is 12.4 Å². The summed E-state index contributed by atoms with van der Waals surface area (Å²) in [6, 6.07) is 0.651. The van der Waals surface area contributed by atoms with Gasteiger partial charge in [0.2, 0.25) is 5.91 Å². The second kappa shape index (κ2) is 8.17. The number of hydrogen-bond acceptors (Lipinski definition) is 3. The van der Waals surface area contributed by atoms with E-state index in [1.165, 1.54) is 57.8 Å². The highest BCUT2D eigenvalue weighted by atomic mass is 35.5. The van der Waals surface area contributed by atoms with Gasteiger partial charge in [-0.25, -0.2) is 0 Å². The Kier molecular flexibility index (Phi) is 6.76. The largest absolute Gasteiger partial charge is 0.353 e. The molecule has 3 aliphatic rings. The molecule has 0 aromatic heterocycles. The molecule has 0 radical (unpaired) electrons. The normalized spacial score (nSPS) is 32.9. The molecule has 134 valence electrons. The summed E-state index contributed by atoms with van der Waals surface area (Å²) in [5, 5.41) is 6.88. The molecule has 2 saturated carbocycles. The molecule has 5 heteroatoms. The van der Waals surface area contributed by atoms with Crippen LogP contribution >= 0.6 is 12.4 Å². The highest BCUT2D eigenvalue weighted by molar-refractivity contribution is 5.85. The average molecular weight is 344 g/mol. The van der Waals surface area contributed by atoms with Crippen molar-refractivity contribution < 1.29 is 4.79 Å². The first kappa shape index (κ1) is 19.0. The van der Waals surface area contributed by atoms with Gasteiger partial charge in [-0.2, -0.15) is 0 Å². The van der Waals surface area contributed by atoms with E-state index in [0.29, 0.717) is 6.04 Å². The molecule has 1 saturated heterocycles. The number of rotatable bonds is 4. The van der Waals surface area contributed by atoms with E-state index in [1.54, 1.807) is 0 Å². The quantitative estimate of drug-likeness (QED) is 0.825. The van der Waals surface area contributed by atoms with Gasteiger partial charge in [0.05, 0.1) is 6.04 Å². The summed E-state index contributed by atoms with van der Waals surface area (Å²) < 4.78 is 0. The van der Waals surface area contributed by atoms with Crippen molar-refractivity contribution in [2.45, 2.75) is 81.8 Å². The topological polar surface area (TPSA) is 44.4 Å². The lowest BCUT2D eigenvalue weighted by atomic mass is 9.80. The molecule has 4 nitrogen and oxygen atoms in total. The van der Waals surface area contributed by atoms with Gasteiger partial charge in [0, 0.05) is 18.1 Å². The number of amides is 1. The number of fused-ring (bicyclic) bond motifs is 1. The second-order valence-electron chi connectivity index (χ2n) is 8.00. The van der Waals surface area contributed by atoms with Crippen LogP contribution in [0.15, 0.2) is 0 Å². The Morgan fingerprint density at radius 1 is 1.13 bits per heavy atom. The Bertz CT molecular complexity index is 382. The fourth-order valence-electron chi connectivity index (χ4n) is 4.89. The number of halogens is 1. The van der Waals surface area contributed by atoms with Crippen molar-refractivity contribution in [2.24, 2.45) is 5.92 Å². The van der Waals surface area contributed by atoms with Crippen molar-refractivity contribution in [3.63, 3.8) is 0 Å². The van der Waals surface area contributed by atoms with E-state index in [2.05, 4.69) is 29.6 Å². The maximum absolute atomic E-state index is 12.6. The zero-order valence-electron chi connectivity index (χ0n) is 14.8. The van der Waals surface area contributed by atoms with Crippen LogP contribution in [0.4, 0.5) is 0 Å². The van der Waals surface area contributed by atoms with E-state index in [-0.39, 0.29) is 29.9 Å². The summed E-state index contributed by atoms with van der Waals surface area (Å²) in [5.74, 6) is 0.975. The van der Waals surface area contributed by atoms with E-state index in [0.717, 1.165) is 18.9 Å². The summed E-state index contributed by atoms with van der Waals surface area (Å²) >= 11 is 0. The Labute approximate surface area is 147 Å². The predicted octanol–water partition coefficient (Wildman–Crippen LogP) is 2.71. The number of hydrogen-bond donors (Lipinski definition) is 2. The molecule has 3 rings (SSSR count). The zero-order chi connectivity index (χ0) is 15.6. The van der Waals surface area contributed by atoms with Crippen molar-refractivity contribution in [3.05, 3.63) is 0 Å². The fourth-order valence-corrected chi connectivity index (χ4v) is 4.89. The van der Waals surface area contributed by atoms with Crippen molar-refractivity contribution >= 4 is 18.3 Å². The summed E-state index contributed by atoms with van der Waals surface area (Å²) in [4.78, 5) is 14.9. The summed E-state index contributed by atoms with van der Waals surface area (Å²) in [7, 11) is 4.33. The standard InChI is InChI=1S/C18H33N3O.ClH/c1-21(2)18(10-6-3-7-11-18)13-19-17(22)16-12-14-8-4-5-9-15(14)20-16;/h14-16,20H,3-13H2,1-2H3,(H,19,22);1H. The summed E-state index contributed by atoms with van der Waals surface area (Å²) in [6.07, 6.45) is 12.6. The molecule has 2 aliphatic carbocycles. The first-order valence-electron chi connectivity index (χ1n) is 9.32. The second-order valence-corrected chi connectivity index (χ2v) is 8.00. The summed E-state index contributed by atoms with van der Waals surface area (Å²) in [6.45, 7) is 0.812. The molecular weight excluding hydrogens is 310 g/mol. The van der Waals surface area contributed by atoms with Gasteiger partial charge in [-0.05, 0) is 52.1 Å². The lowest BCUT2D eigenvalue weighted by Crippen LogP contribution is -2.55. The number of likely N-dealkylation sites (N-methyl/N-ethyl adjacent to an activating group) is 1. The molecule has 0 aromatic rings. The third-order valence-corrected chi connectivity index (χ3v) is 6.50. The van der Waals surface area contributed by atoms with Gasteiger partial charge >= 0.3 is 0 Å². The van der Waals surface area contributed by atoms with Crippen molar-refractivity contribution in [3.8, 4) is 0 Å². The Balaban J connectivity index is 0.00000192. The van der Waals surface area contributed by atoms with Crippen molar-refractivity contribution in [1.82, 2.24) is 15.5 Å². The number of carbonyl (C=O) groups excluding carboxylic acids is 1. The smallest absolute Gasteiger partial charge is 0.237 e. The van der Waals surface area contributed by atoms with Crippen LogP contribution in [0.5, 0.6) is 0 Å². The minimum atomic E-state index is 0. The maximum atomic E-state index is 12.6. The molecule has 1 heterocycles. The third-order valence-electron chi connectivity index (χ3n) is 6.50. The van der Waals surface area contributed by atoms with E-state index in [1.807, 2.05) is 0 Å². The highest BCUT2D eigenvalue weighted by Crippen LogP contribution is 2.34. The van der Waals surface area contributed by atoms with Crippen LogP contribution in [0, 0.1) is 5.92 Å². The van der Waals surface area contributed by atoms with Crippen LogP contribution < -0.4 is 10.6 Å².